The number of rotatable bonds is 4. The number of hydrogen-bond donors (Lipinski definition) is 2. The van der Waals surface area contributed by atoms with Crippen LogP contribution in [0.15, 0.2) is 54.6 Å². The van der Waals surface area contributed by atoms with E-state index in [2.05, 4.69) is 10.2 Å². The molecule has 0 spiro atoms. The molecule has 0 saturated carbocycles. The first-order valence-corrected chi connectivity index (χ1v) is 6.88. The first-order chi connectivity index (χ1) is 10.2. The Morgan fingerprint density at radius 2 is 1.95 bits per heavy atom. The summed E-state index contributed by atoms with van der Waals surface area (Å²) in [6, 6.07) is 16.9. The molecule has 0 fully saturated rings. The van der Waals surface area contributed by atoms with Gasteiger partial charge in [-0.25, -0.2) is 0 Å². The van der Waals surface area contributed by atoms with Crippen LogP contribution < -0.4 is 10.5 Å². The van der Waals surface area contributed by atoms with Crippen LogP contribution >= 0.6 is 11.6 Å². The van der Waals surface area contributed by atoms with Crippen molar-refractivity contribution in [1.29, 1.82) is 0 Å². The Morgan fingerprint density at radius 1 is 1.10 bits per heavy atom. The number of halogens is 1. The molecule has 0 atom stereocenters. The number of nitrogens with zero attached hydrogens (tertiary/aromatic N) is 1. The van der Waals surface area contributed by atoms with Crippen LogP contribution in [-0.4, -0.2) is 10.2 Å². The Kier molecular flexibility index (Phi) is 3.79. The number of benzene rings is 2. The Morgan fingerprint density at radius 3 is 2.76 bits per heavy atom. The van der Waals surface area contributed by atoms with Gasteiger partial charge in [0.15, 0.2) is 0 Å². The second kappa shape index (κ2) is 5.89. The fraction of sp³-hybridized carbons (Fsp3) is 0.0625. The highest BCUT2D eigenvalue weighted by molar-refractivity contribution is 6.32. The van der Waals surface area contributed by atoms with E-state index in [1.807, 2.05) is 48.5 Å². The molecule has 106 valence electrons. The average molecular weight is 300 g/mol. The molecule has 0 aliphatic rings. The number of ether oxygens (including phenoxy) is 1. The molecule has 0 bridgehead atoms. The molecule has 5 heteroatoms. The summed E-state index contributed by atoms with van der Waals surface area (Å²) >= 11 is 6.04. The zero-order chi connectivity index (χ0) is 14.7. The molecule has 2 aromatic carbocycles. The van der Waals surface area contributed by atoms with Crippen molar-refractivity contribution in [3.63, 3.8) is 0 Å². The van der Waals surface area contributed by atoms with E-state index in [9.17, 15) is 0 Å². The smallest absolute Gasteiger partial charge is 0.138 e. The lowest BCUT2D eigenvalue weighted by Gasteiger charge is -2.05. The molecular weight excluding hydrogens is 286 g/mol. The fourth-order valence-corrected chi connectivity index (χ4v) is 2.19. The lowest BCUT2D eigenvalue weighted by molar-refractivity contribution is 0.301. The summed E-state index contributed by atoms with van der Waals surface area (Å²) < 4.78 is 5.67. The van der Waals surface area contributed by atoms with Gasteiger partial charge in [-0.3, -0.25) is 5.10 Å². The summed E-state index contributed by atoms with van der Waals surface area (Å²) in [4.78, 5) is 0. The standard InChI is InChI=1S/C16H14ClN3O/c17-14-6-1-2-7-16(14)21-10-13-9-15(20-19-13)11-4-3-5-12(18)8-11/h1-9H,10,18H2,(H,19,20). The number of H-pyrrole nitrogens is 1. The summed E-state index contributed by atoms with van der Waals surface area (Å²) in [6.45, 7) is 0.374. The van der Waals surface area contributed by atoms with Crippen molar-refractivity contribution in [1.82, 2.24) is 10.2 Å². The number of aromatic nitrogens is 2. The molecule has 0 aliphatic carbocycles. The van der Waals surface area contributed by atoms with E-state index < -0.39 is 0 Å². The first-order valence-electron chi connectivity index (χ1n) is 6.50. The van der Waals surface area contributed by atoms with Crippen LogP contribution in [0.1, 0.15) is 5.69 Å². The van der Waals surface area contributed by atoms with Crippen LogP contribution in [0.25, 0.3) is 11.3 Å². The monoisotopic (exact) mass is 299 g/mol. The highest BCUT2D eigenvalue weighted by Crippen LogP contribution is 2.25. The molecule has 1 aromatic heterocycles. The molecule has 0 aliphatic heterocycles. The van der Waals surface area contributed by atoms with E-state index in [0.717, 1.165) is 17.0 Å². The third-order valence-corrected chi connectivity index (χ3v) is 3.35. The predicted molar refractivity (Wildman–Crippen MR) is 84.2 cm³/mol. The van der Waals surface area contributed by atoms with Gasteiger partial charge in [-0.2, -0.15) is 5.10 Å². The summed E-state index contributed by atoms with van der Waals surface area (Å²) in [5.41, 5.74) is 9.16. The summed E-state index contributed by atoms with van der Waals surface area (Å²) in [5.74, 6) is 0.652. The number of nitrogen functional groups attached to an aromatic ring is 1. The minimum atomic E-state index is 0.374. The van der Waals surface area contributed by atoms with Crippen LogP contribution in [0, 0.1) is 0 Å². The third kappa shape index (κ3) is 3.17. The Balaban J connectivity index is 1.72. The van der Waals surface area contributed by atoms with Gasteiger partial charge in [0.1, 0.15) is 12.4 Å². The van der Waals surface area contributed by atoms with E-state index in [1.165, 1.54) is 0 Å². The lowest BCUT2D eigenvalue weighted by Crippen LogP contribution is -1.95. The van der Waals surface area contributed by atoms with Crippen LogP contribution in [0.4, 0.5) is 5.69 Å². The van der Waals surface area contributed by atoms with Gasteiger partial charge in [0.2, 0.25) is 0 Å². The number of nitrogens with one attached hydrogen (secondary N) is 1. The summed E-state index contributed by atoms with van der Waals surface area (Å²) in [6.07, 6.45) is 0. The van der Waals surface area contributed by atoms with Crippen LogP contribution in [0.2, 0.25) is 5.02 Å². The second-order valence-electron chi connectivity index (χ2n) is 4.62. The number of aromatic amines is 1. The van der Waals surface area contributed by atoms with Gasteiger partial charge in [-0.05, 0) is 30.3 Å². The lowest BCUT2D eigenvalue weighted by atomic mass is 10.1. The molecule has 3 aromatic rings. The van der Waals surface area contributed by atoms with Crippen molar-refractivity contribution >= 4 is 17.3 Å². The quantitative estimate of drug-likeness (QED) is 0.718. The maximum atomic E-state index is 6.04. The maximum absolute atomic E-state index is 6.04. The van der Waals surface area contributed by atoms with Crippen molar-refractivity contribution in [3.05, 3.63) is 65.3 Å². The van der Waals surface area contributed by atoms with Crippen LogP contribution in [0.5, 0.6) is 5.75 Å². The molecule has 0 unspecified atom stereocenters. The largest absolute Gasteiger partial charge is 0.486 e. The van der Waals surface area contributed by atoms with Crippen molar-refractivity contribution in [2.75, 3.05) is 5.73 Å². The molecule has 0 amide bonds. The minimum Gasteiger partial charge on any atom is -0.486 e. The van der Waals surface area contributed by atoms with E-state index in [0.29, 0.717) is 23.1 Å². The number of hydrogen-bond acceptors (Lipinski definition) is 3. The van der Waals surface area contributed by atoms with Gasteiger partial charge in [-0.15, -0.1) is 0 Å². The van der Waals surface area contributed by atoms with E-state index in [-0.39, 0.29) is 0 Å². The number of para-hydroxylation sites is 1. The van der Waals surface area contributed by atoms with Gasteiger partial charge in [0.05, 0.1) is 16.4 Å². The first kappa shape index (κ1) is 13.5. The topological polar surface area (TPSA) is 63.9 Å². The molecular formula is C16H14ClN3O. The summed E-state index contributed by atoms with van der Waals surface area (Å²) in [5, 5.41) is 7.81. The molecule has 3 N–H and O–H groups in total. The maximum Gasteiger partial charge on any atom is 0.138 e. The normalized spacial score (nSPS) is 10.5. The zero-order valence-electron chi connectivity index (χ0n) is 11.2. The van der Waals surface area contributed by atoms with Gasteiger partial charge in [0.25, 0.3) is 0 Å². The zero-order valence-corrected chi connectivity index (χ0v) is 12.0. The Hall–Kier alpha value is -2.46. The minimum absolute atomic E-state index is 0.374. The van der Waals surface area contributed by atoms with Gasteiger partial charge in [0, 0.05) is 11.3 Å². The second-order valence-corrected chi connectivity index (χ2v) is 5.03. The Bertz CT molecular complexity index is 755. The fourth-order valence-electron chi connectivity index (χ4n) is 2.00. The number of nitrogens with two attached hydrogens (primary N) is 1. The van der Waals surface area contributed by atoms with Gasteiger partial charge < -0.3 is 10.5 Å². The molecule has 4 nitrogen and oxygen atoms in total. The molecule has 1 heterocycles. The van der Waals surface area contributed by atoms with Crippen molar-refractivity contribution < 1.29 is 4.74 Å². The van der Waals surface area contributed by atoms with Gasteiger partial charge in [-0.1, -0.05) is 35.9 Å². The highest BCUT2D eigenvalue weighted by atomic mass is 35.5. The highest BCUT2D eigenvalue weighted by Gasteiger charge is 2.06. The van der Waals surface area contributed by atoms with Crippen LogP contribution in [0.3, 0.4) is 0 Å². The van der Waals surface area contributed by atoms with E-state index in [4.69, 9.17) is 22.1 Å². The van der Waals surface area contributed by atoms with Gasteiger partial charge >= 0.3 is 0 Å². The molecule has 0 radical (unpaired) electrons. The third-order valence-electron chi connectivity index (χ3n) is 3.03. The average Bonchev–Trinajstić information content (AvgIpc) is 2.95. The predicted octanol–water partition coefficient (Wildman–Crippen LogP) is 3.89. The molecule has 3 rings (SSSR count). The van der Waals surface area contributed by atoms with E-state index in [1.54, 1.807) is 6.07 Å². The SMILES string of the molecule is Nc1cccc(-c2cc(COc3ccccc3Cl)[nH]n2)c1. The molecule has 0 saturated heterocycles. The summed E-state index contributed by atoms with van der Waals surface area (Å²) in [7, 11) is 0. The molecule has 21 heavy (non-hydrogen) atoms. The Labute approximate surface area is 127 Å². The van der Waals surface area contributed by atoms with Crippen molar-refractivity contribution in [3.8, 4) is 17.0 Å². The van der Waals surface area contributed by atoms with Crippen LogP contribution in [-0.2, 0) is 6.61 Å². The van der Waals surface area contributed by atoms with Crippen molar-refractivity contribution in [2.45, 2.75) is 6.61 Å². The number of anilines is 1. The van der Waals surface area contributed by atoms with E-state index >= 15 is 0 Å². The van der Waals surface area contributed by atoms with Crippen molar-refractivity contribution in [2.24, 2.45) is 0 Å².